The van der Waals surface area contributed by atoms with Crippen LogP contribution < -0.4 is 4.90 Å². The first-order valence-corrected chi connectivity index (χ1v) is 5.98. The molecular weight excluding hydrogens is 198 g/mol. The van der Waals surface area contributed by atoms with E-state index in [4.69, 9.17) is 0 Å². The molecule has 0 saturated heterocycles. The van der Waals surface area contributed by atoms with Crippen molar-refractivity contribution < 1.29 is 5.11 Å². The van der Waals surface area contributed by atoms with Crippen molar-refractivity contribution >= 4 is 5.69 Å². The van der Waals surface area contributed by atoms with Gasteiger partial charge in [0.2, 0.25) is 0 Å². The Morgan fingerprint density at radius 2 is 1.69 bits per heavy atom. The average molecular weight is 221 g/mol. The maximum absolute atomic E-state index is 10.0. The van der Waals surface area contributed by atoms with Gasteiger partial charge in [-0.3, -0.25) is 0 Å². The molecule has 0 aliphatic heterocycles. The Morgan fingerprint density at radius 3 is 2.06 bits per heavy atom. The van der Waals surface area contributed by atoms with Crippen LogP contribution in [-0.2, 0) is 5.41 Å². The zero-order valence-electron chi connectivity index (χ0n) is 11.0. The Bertz CT molecular complexity index is 348. The molecule has 0 heterocycles. The molecule has 0 radical (unpaired) electrons. The Kier molecular flexibility index (Phi) is 3.84. The fourth-order valence-electron chi connectivity index (χ4n) is 1.94. The molecule has 2 nitrogen and oxygen atoms in total. The molecule has 0 atom stereocenters. The highest BCUT2D eigenvalue weighted by atomic mass is 16.3. The summed E-state index contributed by atoms with van der Waals surface area (Å²) in [6.07, 6.45) is 0. The SMILES string of the molecule is CCN(CC)c1ccc(C(C)(C)C)c(O)c1. The van der Waals surface area contributed by atoms with E-state index in [2.05, 4.69) is 45.6 Å². The van der Waals surface area contributed by atoms with E-state index >= 15 is 0 Å². The van der Waals surface area contributed by atoms with E-state index < -0.39 is 0 Å². The lowest BCUT2D eigenvalue weighted by Crippen LogP contribution is -2.22. The van der Waals surface area contributed by atoms with Crippen LogP contribution in [0.3, 0.4) is 0 Å². The van der Waals surface area contributed by atoms with Crippen molar-refractivity contribution in [1.82, 2.24) is 0 Å². The van der Waals surface area contributed by atoms with E-state index in [9.17, 15) is 5.11 Å². The fraction of sp³-hybridized carbons (Fsp3) is 0.571. The summed E-state index contributed by atoms with van der Waals surface area (Å²) in [7, 11) is 0. The number of phenolic OH excluding ortho intramolecular Hbond substituents is 1. The van der Waals surface area contributed by atoms with Crippen LogP contribution >= 0.6 is 0 Å². The van der Waals surface area contributed by atoms with E-state index in [1.165, 1.54) is 0 Å². The molecule has 90 valence electrons. The third-order valence-corrected chi connectivity index (χ3v) is 2.92. The number of hydrogen-bond acceptors (Lipinski definition) is 2. The fourth-order valence-corrected chi connectivity index (χ4v) is 1.94. The smallest absolute Gasteiger partial charge is 0.121 e. The molecule has 0 amide bonds. The monoisotopic (exact) mass is 221 g/mol. The topological polar surface area (TPSA) is 23.5 Å². The van der Waals surface area contributed by atoms with Crippen molar-refractivity contribution in [2.24, 2.45) is 0 Å². The lowest BCUT2D eigenvalue weighted by molar-refractivity contribution is 0.446. The van der Waals surface area contributed by atoms with Crippen molar-refractivity contribution in [1.29, 1.82) is 0 Å². The molecular formula is C14H23NO. The Hall–Kier alpha value is -1.18. The van der Waals surface area contributed by atoms with Gasteiger partial charge in [-0.15, -0.1) is 0 Å². The van der Waals surface area contributed by atoms with Crippen LogP contribution in [-0.4, -0.2) is 18.2 Å². The minimum absolute atomic E-state index is 0.00806. The van der Waals surface area contributed by atoms with Crippen LogP contribution in [0.15, 0.2) is 18.2 Å². The average Bonchev–Trinajstić information content (AvgIpc) is 2.17. The predicted octanol–water partition coefficient (Wildman–Crippen LogP) is 3.54. The highest BCUT2D eigenvalue weighted by Gasteiger charge is 2.18. The van der Waals surface area contributed by atoms with Gasteiger partial charge in [0.1, 0.15) is 5.75 Å². The lowest BCUT2D eigenvalue weighted by Gasteiger charge is -2.25. The van der Waals surface area contributed by atoms with Crippen molar-refractivity contribution in [2.45, 2.75) is 40.0 Å². The summed E-state index contributed by atoms with van der Waals surface area (Å²) in [5.41, 5.74) is 2.09. The summed E-state index contributed by atoms with van der Waals surface area (Å²) in [6, 6.07) is 5.99. The normalized spacial score (nSPS) is 11.6. The predicted molar refractivity (Wildman–Crippen MR) is 70.4 cm³/mol. The van der Waals surface area contributed by atoms with E-state index in [0.29, 0.717) is 5.75 Å². The van der Waals surface area contributed by atoms with Gasteiger partial charge in [0.05, 0.1) is 0 Å². The zero-order chi connectivity index (χ0) is 12.3. The summed E-state index contributed by atoms with van der Waals surface area (Å²) >= 11 is 0. The molecule has 0 bridgehead atoms. The number of hydrogen-bond donors (Lipinski definition) is 1. The molecule has 1 N–H and O–H groups in total. The van der Waals surface area contributed by atoms with Crippen LogP contribution in [0.4, 0.5) is 5.69 Å². The number of phenols is 1. The number of rotatable bonds is 3. The maximum Gasteiger partial charge on any atom is 0.121 e. The second kappa shape index (κ2) is 4.77. The molecule has 0 aliphatic carbocycles. The Balaban J connectivity index is 3.08. The summed E-state index contributed by atoms with van der Waals surface area (Å²) in [5.74, 6) is 0.400. The molecule has 0 saturated carbocycles. The van der Waals surface area contributed by atoms with E-state index in [1.807, 2.05) is 12.1 Å². The minimum Gasteiger partial charge on any atom is -0.508 e. The quantitative estimate of drug-likeness (QED) is 0.844. The van der Waals surface area contributed by atoms with E-state index in [-0.39, 0.29) is 5.41 Å². The molecule has 1 aromatic carbocycles. The third kappa shape index (κ3) is 2.69. The third-order valence-electron chi connectivity index (χ3n) is 2.92. The highest BCUT2D eigenvalue weighted by molar-refractivity contribution is 5.54. The second-order valence-corrected chi connectivity index (χ2v) is 5.12. The zero-order valence-corrected chi connectivity index (χ0v) is 11.0. The molecule has 1 rings (SSSR count). The van der Waals surface area contributed by atoms with Crippen LogP contribution in [0.2, 0.25) is 0 Å². The van der Waals surface area contributed by atoms with Gasteiger partial charge in [-0.25, -0.2) is 0 Å². The molecule has 0 unspecified atom stereocenters. The van der Waals surface area contributed by atoms with Crippen molar-refractivity contribution in [3.05, 3.63) is 23.8 Å². The largest absolute Gasteiger partial charge is 0.508 e. The van der Waals surface area contributed by atoms with Gasteiger partial charge >= 0.3 is 0 Å². The molecule has 2 heteroatoms. The Morgan fingerprint density at radius 1 is 1.12 bits per heavy atom. The summed E-state index contributed by atoms with van der Waals surface area (Å²) in [4.78, 5) is 2.23. The van der Waals surface area contributed by atoms with Crippen molar-refractivity contribution in [3.8, 4) is 5.75 Å². The molecule has 0 fully saturated rings. The summed E-state index contributed by atoms with van der Waals surface area (Å²) in [5, 5.41) is 10.0. The van der Waals surface area contributed by atoms with E-state index in [1.54, 1.807) is 0 Å². The number of nitrogens with zero attached hydrogens (tertiary/aromatic N) is 1. The van der Waals surface area contributed by atoms with Crippen molar-refractivity contribution in [2.75, 3.05) is 18.0 Å². The molecule has 1 aromatic rings. The van der Waals surface area contributed by atoms with Gasteiger partial charge in [0.25, 0.3) is 0 Å². The van der Waals surface area contributed by atoms with Gasteiger partial charge in [-0.05, 0) is 30.9 Å². The highest BCUT2D eigenvalue weighted by Crippen LogP contribution is 2.33. The first-order valence-electron chi connectivity index (χ1n) is 5.98. The van der Waals surface area contributed by atoms with E-state index in [0.717, 1.165) is 24.3 Å². The van der Waals surface area contributed by atoms with Crippen LogP contribution in [0.1, 0.15) is 40.2 Å². The summed E-state index contributed by atoms with van der Waals surface area (Å²) in [6.45, 7) is 12.5. The standard InChI is InChI=1S/C14H23NO/c1-6-15(7-2)11-8-9-12(13(16)10-11)14(3,4)5/h8-10,16H,6-7H2,1-5H3. The molecule has 16 heavy (non-hydrogen) atoms. The lowest BCUT2D eigenvalue weighted by atomic mass is 9.86. The van der Waals surface area contributed by atoms with Gasteiger partial charge in [0.15, 0.2) is 0 Å². The maximum atomic E-state index is 10.0. The molecule has 0 spiro atoms. The van der Waals surface area contributed by atoms with Crippen molar-refractivity contribution in [3.63, 3.8) is 0 Å². The van der Waals surface area contributed by atoms with Gasteiger partial charge in [-0.2, -0.15) is 0 Å². The Labute approximate surface area is 98.9 Å². The van der Waals surface area contributed by atoms with Gasteiger partial charge in [0, 0.05) is 24.8 Å². The summed E-state index contributed by atoms with van der Waals surface area (Å²) < 4.78 is 0. The molecule has 0 aliphatic rings. The van der Waals surface area contributed by atoms with Crippen LogP contribution in [0.5, 0.6) is 5.75 Å². The first kappa shape index (κ1) is 12.9. The number of anilines is 1. The van der Waals surface area contributed by atoms with Crippen LogP contribution in [0.25, 0.3) is 0 Å². The minimum atomic E-state index is -0.00806. The second-order valence-electron chi connectivity index (χ2n) is 5.12. The van der Waals surface area contributed by atoms with Gasteiger partial charge in [-0.1, -0.05) is 26.8 Å². The number of aromatic hydroxyl groups is 1. The number of benzene rings is 1. The van der Waals surface area contributed by atoms with Gasteiger partial charge < -0.3 is 10.0 Å². The van der Waals surface area contributed by atoms with Crippen LogP contribution in [0, 0.1) is 0 Å². The molecule has 0 aromatic heterocycles. The first-order chi connectivity index (χ1) is 7.40.